The summed E-state index contributed by atoms with van der Waals surface area (Å²) < 4.78 is 5.31. The lowest BCUT2D eigenvalue weighted by molar-refractivity contribution is 0.102. The van der Waals surface area contributed by atoms with Gasteiger partial charge in [-0.1, -0.05) is 12.1 Å². The van der Waals surface area contributed by atoms with Gasteiger partial charge in [-0.05, 0) is 48.5 Å². The van der Waals surface area contributed by atoms with Gasteiger partial charge in [0.05, 0.1) is 11.8 Å². The summed E-state index contributed by atoms with van der Waals surface area (Å²) in [5.41, 5.74) is 1.83. The van der Waals surface area contributed by atoms with E-state index >= 15 is 0 Å². The molecule has 4 heteroatoms. The maximum atomic E-state index is 12.1. The summed E-state index contributed by atoms with van der Waals surface area (Å²) in [6.45, 7) is 0. The lowest BCUT2D eigenvalue weighted by Gasteiger charge is -2.07. The number of furan rings is 1. The van der Waals surface area contributed by atoms with Gasteiger partial charge in [0.25, 0.3) is 5.91 Å². The van der Waals surface area contributed by atoms with Crippen LogP contribution in [0.3, 0.4) is 0 Å². The molecule has 0 aliphatic carbocycles. The number of hydrogen-bond acceptors (Lipinski definition) is 3. The molecular formula is C17H13NO3. The molecule has 1 aromatic heterocycles. The first-order valence-electron chi connectivity index (χ1n) is 6.47. The van der Waals surface area contributed by atoms with E-state index in [-0.39, 0.29) is 17.2 Å². The number of carbonyl (C=O) groups is 1. The van der Waals surface area contributed by atoms with Crippen LogP contribution in [-0.2, 0) is 0 Å². The molecule has 21 heavy (non-hydrogen) atoms. The molecular weight excluding hydrogens is 266 g/mol. The van der Waals surface area contributed by atoms with Crippen molar-refractivity contribution in [3.8, 4) is 17.1 Å². The van der Waals surface area contributed by atoms with E-state index < -0.39 is 0 Å². The molecule has 0 atom stereocenters. The van der Waals surface area contributed by atoms with Crippen LogP contribution in [0.25, 0.3) is 11.3 Å². The molecule has 0 bridgehead atoms. The Labute approximate surface area is 121 Å². The Morgan fingerprint density at radius 3 is 2.38 bits per heavy atom. The largest absolute Gasteiger partial charge is 0.507 e. The smallest absolute Gasteiger partial charge is 0.259 e. The highest BCUT2D eigenvalue weighted by molar-refractivity contribution is 6.06. The molecule has 0 aliphatic heterocycles. The Morgan fingerprint density at radius 1 is 0.952 bits per heavy atom. The Morgan fingerprint density at radius 2 is 1.71 bits per heavy atom. The highest BCUT2D eigenvalue weighted by Gasteiger charge is 2.10. The molecule has 3 rings (SSSR count). The molecule has 4 nitrogen and oxygen atoms in total. The first-order chi connectivity index (χ1) is 10.2. The summed E-state index contributed by atoms with van der Waals surface area (Å²) in [7, 11) is 0. The van der Waals surface area contributed by atoms with Gasteiger partial charge in [-0.15, -0.1) is 0 Å². The van der Waals surface area contributed by atoms with E-state index in [0.29, 0.717) is 5.69 Å². The van der Waals surface area contributed by atoms with Crippen LogP contribution in [0, 0.1) is 0 Å². The number of carbonyl (C=O) groups excluding carboxylic acids is 1. The van der Waals surface area contributed by atoms with Crippen LogP contribution >= 0.6 is 0 Å². The molecule has 0 saturated carbocycles. The molecule has 0 aliphatic rings. The van der Waals surface area contributed by atoms with E-state index in [0.717, 1.165) is 11.3 Å². The summed E-state index contributed by atoms with van der Waals surface area (Å²) in [5, 5.41) is 12.4. The summed E-state index contributed by atoms with van der Waals surface area (Å²) in [5.74, 6) is 0.384. The zero-order chi connectivity index (χ0) is 14.7. The average molecular weight is 279 g/mol. The predicted octanol–water partition coefficient (Wildman–Crippen LogP) is 3.90. The van der Waals surface area contributed by atoms with Crippen LogP contribution in [0.15, 0.2) is 71.3 Å². The summed E-state index contributed by atoms with van der Waals surface area (Å²) >= 11 is 0. The van der Waals surface area contributed by atoms with Gasteiger partial charge in [0.1, 0.15) is 11.5 Å². The quantitative estimate of drug-likeness (QED) is 0.764. The summed E-state index contributed by atoms with van der Waals surface area (Å²) in [6.07, 6.45) is 1.61. The minimum atomic E-state index is -0.348. The van der Waals surface area contributed by atoms with Crippen LogP contribution in [0.5, 0.6) is 5.75 Å². The van der Waals surface area contributed by atoms with Crippen LogP contribution in [0.2, 0.25) is 0 Å². The van der Waals surface area contributed by atoms with Crippen molar-refractivity contribution in [2.45, 2.75) is 0 Å². The average Bonchev–Trinajstić information content (AvgIpc) is 3.02. The van der Waals surface area contributed by atoms with Gasteiger partial charge >= 0.3 is 0 Å². The second-order valence-corrected chi connectivity index (χ2v) is 4.53. The van der Waals surface area contributed by atoms with Crippen molar-refractivity contribution in [2.75, 3.05) is 5.32 Å². The number of amides is 1. The predicted molar refractivity (Wildman–Crippen MR) is 80.2 cm³/mol. The first kappa shape index (κ1) is 13.0. The number of rotatable bonds is 3. The number of nitrogens with one attached hydrogen (secondary N) is 1. The fourth-order valence-corrected chi connectivity index (χ4v) is 2.02. The highest BCUT2D eigenvalue weighted by atomic mass is 16.3. The van der Waals surface area contributed by atoms with Gasteiger partial charge in [0, 0.05) is 11.3 Å². The standard InChI is InChI=1S/C17H13NO3/c19-15-5-2-1-4-14(15)17(20)18-13-9-7-12(8-10-13)16-6-3-11-21-16/h1-11,19H,(H,18,20). The topological polar surface area (TPSA) is 62.5 Å². The number of phenolic OH excluding ortho intramolecular Hbond substituents is 1. The third-order valence-corrected chi connectivity index (χ3v) is 3.10. The van der Waals surface area contributed by atoms with Crippen LogP contribution in [0.4, 0.5) is 5.69 Å². The molecule has 2 N–H and O–H groups in total. The van der Waals surface area contributed by atoms with Crippen molar-refractivity contribution in [2.24, 2.45) is 0 Å². The molecule has 0 unspecified atom stereocenters. The number of hydrogen-bond donors (Lipinski definition) is 2. The third kappa shape index (κ3) is 2.79. The summed E-state index contributed by atoms with van der Waals surface area (Å²) in [4.78, 5) is 12.1. The van der Waals surface area contributed by atoms with Gasteiger partial charge in [-0.25, -0.2) is 0 Å². The molecule has 3 aromatic rings. The SMILES string of the molecule is O=C(Nc1ccc(-c2ccco2)cc1)c1ccccc1O. The number of aromatic hydroxyl groups is 1. The lowest BCUT2D eigenvalue weighted by atomic mass is 10.1. The highest BCUT2D eigenvalue weighted by Crippen LogP contribution is 2.23. The van der Waals surface area contributed by atoms with Gasteiger partial charge in [0.15, 0.2) is 0 Å². The zero-order valence-electron chi connectivity index (χ0n) is 11.1. The second-order valence-electron chi connectivity index (χ2n) is 4.53. The number of para-hydroxylation sites is 1. The van der Waals surface area contributed by atoms with Crippen molar-refractivity contribution < 1.29 is 14.3 Å². The van der Waals surface area contributed by atoms with E-state index in [1.807, 2.05) is 24.3 Å². The van der Waals surface area contributed by atoms with E-state index in [4.69, 9.17) is 4.42 Å². The van der Waals surface area contributed by atoms with Crippen molar-refractivity contribution in [3.05, 3.63) is 72.5 Å². The Bertz CT molecular complexity index is 746. The summed E-state index contributed by atoms with van der Waals surface area (Å²) in [6, 6.07) is 17.4. The molecule has 0 fully saturated rings. The van der Waals surface area contributed by atoms with Crippen LogP contribution < -0.4 is 5.32 Å². The Kier molecular flexibility index (Phi) is 3.43. The molecule has 2 aromatic carbocycles. The molecule has 0 saturated heterocycles. The fourth-order valence-electron chi connectivity index (χ4n) is 2.02. The van der Waals surface area contributed by atoms with Gasteiger partial charge < -0.3 is 14.8 Å². The van der Waals surface area contributed by atoms with E-state index in [1.54, 1.807) is 36.6 Å². The van der Waals surface area contributed by atoms with Crippen molar-refractivity contribution in [3.63, 3.8) is 0 Å². The number of benzene rings is 2. The fraction of sp³-hybridized carbons (Fsp3) is 0. The van der Waals surface area contributed by atoms with Crippen LogP contribution in [-0.4, -0.2) is 11.0 Å². The third-order valence-electron chi connectivity index (χ3n) is 3.10. The first-order valence-corrected chi connectivity index (χ1v) is 6.47. The maximum absolute atomic E-state index is 12.1. The molecule has 0 radical (unpaired) electrons. The van der Waals surface area contributed by atoms with Crippen LogP contribution in [0.1, 0.15) is 10.4 Å². The minimum absolute atomic E-state index is 0.0396. The monoisotopic (exact) mass is 279 g/mol. The molecule has 0 spiro atoms. The zero-order valence-corrected chi connectivity index (χ0v) is 11.1. The van der Waals surface area contributed by atoms with Crippen molar-refractivity contribution in [1.82, 2.24) is 0 Å². The van der Waals surface area contributed by atoms with Gasteiger partial charge in [-0.3, -0.25) is 4.79 Å². The second kappa shape index (κ2) is 5.54. The van der Waals surface area contributed by atoms with E-state index in [9.17, 15) is 9.90 Å². The molecule has 104 valence electrons. The van der Waals surface area contributed by atoms with Gasteiger partial charge in [-0.2, -0.15) is 0 Å². The van der Waals surface area contributed by atoms with Crippen molar-refractivity contribution in [1.29, 1.82) is 0 Å². The lowest BCUT2D eigenvalue weighted by Crippen LogP contribution is -2.11. The maximum Gasteiger partial charge on any atom is 0.259 e. The Hall–Kier alpha value is -3.01. The normalized spacial score (nSPS) is 10.3. The number of phenols is 1. The van der Waals surface area contributed by atoms with E-state index in [1.165, 1.54) is 6.07 Å². The molecule has 1 amide bonds. The minimum Gasteiger partial charge on any atom is -0.507 e. The Balaban J connectivity index is 1.77. The van der Waals surface area contributed by atoms with E-state index in [2.05, 4.69) is 5.32 Å². The molecule has 1 heterocycles. The number of anilines is 1. The van der Waals surface area contributed by atoms with Crippen molar-refractivity contribution >= 4 is 11.6 Å². The van der Waals surface area contributed by atoms with Gasteiger partial charge in [0.2, 0.25) is 0 Å².